The summed E-state index contributed by atoms with van der Waals surface area (Å²) in [6, 6.07) is 5.16. The van der Waals surface area contributed by atoms with E-state index in [4.69, 9.17) is 30.5 Å². The van der Waals surface area contributed by atoms with E-state index in [1.165, 1.54) is 13.3 Å². The van der Waals surface area contributed by atoms with Crippen LogP contribution in [0.2, 0.25) is 5.02 Å². The molecule has 156 valence electrons. The van der Waals surface area contributed by atoms with Crippen molar-refractivity contribution in [3.05, 3.63) is 35.0 Å². The summed E-state index contributed by atoms with van der Waals surface area (Å²) in [5.74, 6) is 0.964. The second kappa shape index (κ2) is 10.2. The van der Waals surface area contributed by atoms with Gasteiger partial charge in [-0.2, -0.15) is 4.98 Å². The lowest BCUT2D eigenvalue weighted by atomic mass is 10.1. The van der Waals surface area contributed by atoms with E-state index >= 15 is 0 Å². The van der Waals surface area contributed by atoms with Crippen molar-refractivity contribution in [3.63, 3.8) is 0 Å². The van der Waals surface area contributed by atoms with E-state index in [2.05, 4.69) is 15.3 Å². The summed E-state index contributed by atoms with van der Waals surface area (Å²) in [5.41, 5.74) is 1.14. The SMILES string of the molecule is COCCOc1nc(Nc2ccc(C(=O)N3CCOCC3)cc2OC)ncc1Cl. The predicted molar refractivity (Wildman–Crippen MR) is 107 cm³/mol. The fourth-order valence-electron chi connectivity index (χ4n) is 2.73. The Labute approximate surface area is 173 Å². The Morgan fingerprint density at radius 2 is 2.07 bits per heavy atom. The van der Waals surface area contributed by atoms with Crippen LogP contribution in [0.25, 0.3) is 0 Å². The van der Waals surface area contributed by atoms with Gasteiger partial charge in [0, 0.05) is 25.8 Å². The van der Waals surface area contributed by atoms with Gasteiger partial charge in [0.25, 0.3) is 5.91 Å². The third-order valence-corrected chi connectivity index (χ3v) is 4.49. The van der Waals surface area contributed by atoms with Gasteiger partial charge >= 0.3 is 0 Å². The molecule has 1 N–H and O–H groups in total. The number of morpholine rings is 1. The normalized spacial score (nSPS) is 13.8. The molecular formula is C19H23ClN4O5. The van der Waals surface area contributed by atoms with Gasteiger partial charge in [-0.15, -0.1) is 0 Å². The Morgan fingerprint density at radius 3 is 2.79 bits per heavy atom. The van der Waals surface area contributed by atoms with Gasteiger partial charge in [0.1, 0.15) is 17.4 Å². The molecule has 2 aromatic rings. The van der Waals surface area contributed by atoms with Gasteiger partial charge in [-0.1, -0.05) is 11.6 Å². The van der Waals surface area contributed by atoms with Crippen molar-refractivity contribution in [2.24, 2.45) is 0 Å². The third-order valence-electron chi connectivity index (χ3n) is 4.23. The van der Waals surface area contributed by atoms with Gasteiger partial charge in [-0.25, -0.2) is 4.98 Å². The van der Waals surface area contributed by atoms with Crippen LogP contribution < -0.4 is 14.8 Å². The number of methoxy groups -OCH3 is 2. The number of halogens is 1. The summed E-state index contributed by atoms with van der Waals surface area (Å²) in [5, 5.41) is 3.36. The smallest absolute Gasteiger partial charge is 0.254 e. The number of anilines is 2. The van der Waals surface area contributed by atoms with E-state index < -0.39 is 0 Å². The van der Waals surface area contributed by atoms with Gasteiger partial charge in [0.05, 0.1) is 38.8 Å². The van der Waals surface area contributed by atoms with Crippen molar-refractivity contribution in [3.8, 4) is 11.6 Å². The molecule has 9 nitrogen and oxygen atoms in total. The molecule has 1 aromatic heterocycles. The minimum atomic E-state index is -0.0604. The average Bonchev–Trinajstić information content (AvgIpc) is 2.76. The zero-order valence-electron chi connectivity index (χ0n) is 16.3. The molecule has 0 spiro atoms. The quantitative estimate of drug-likeness (QED) is 0.648. The maximum absolute atomic E-state index is 12.7. The fraction of sp³-hybridized carbons (Fsp3) is 0.421. The standard InChI is InChI=1S/C19H23ClN4O5/c1-26-9-10-29-17-14(20)12-21-19(23-17)22-15-4-3-13(11-16(15)27-2)18(25)24-5-7-28-8-6-24/h3-4,11-12H,5-10H2,1-2H3,(H,21,22,23). The van der Waals surface area contributed by atoms with Crippen LogP contribution in [-0.2, 0) is 9.47 Å². The van der Waals surface area contributed by atoms with Gasteiger partial charge in [-0.3, -0.25) is 4.79 Å². The van der Waals surface area contributed by atoms with Crippen molar-refractivity contribution >= 4 is 29.1 Å². The lowest BCUT2D eigenvalue weighted by Gasteiger charge is -2.27. The van der Waals surface area contributed by atoms with Crippen molar-refractivity contribution in [2.45, 2.75) is 0 Å². The lowest BCUT2D eigenvalue weighted by molar-refractivity contribution is 0.0302. The molecule has 2 heterocycles. The molecule has 1 aliphatic heterocycles. The van der Waals surface area contributed by atoms with E-state index in [1.54, 1.807) is 30.2 Å². The van der Waals surface area contributed by atoms with E-state index in [9.17, 15) is 4.79 Å². The maximum atomic E-state index is 12.7. The number of nitrogens with one attached hydrogen (secondary N) is 1. The van der Waals surface area contributed by atoms with Crippen LogP contribution in [0.4, 0.5) is 11.6 Å². The van der Waals surface area contributed by atoms with Crippen LogP contribution >= 0.6 is 11.6 Å². The summed E-state index contributed by atoms with van der Waals surface area (Å²) in [7, 11) is 3.11. The van der Waals surface area contributed by atoms with Crippen LogP contribution in [0.3, 0.4) is 0 Å². The first-order valence-electron chi connectivity index (χ1n) is 9.08. The van der Waals surface area contributed by atoms with Crippen LogP contribution in [0.5, 0.6) is 11.6 Å². The van der Waals surface area contributed by atoms with Crippen LogP contribution in [0, 0.1) is 0 Å². The zero-order valence-corrected chi connectivity index (χ0v) is 17.1. The molecule has 0 bridgehead atoms. The van der Waals surface area contributed by atoms with Gasteiger partial charge < -0.3 is 29.2 Å². The molecule has 0 saturated carbocycles. The summed E-state index contributed by atoms with van der Waals surface area (Å²) in [4.78, 5) is 22.9. The Morgan fingerprint density at radius 1 is 1.28 bits per heavy atom. The summed E-state index contributed by atoms with van der Waals surface area (Å²) in [6.07, 6.45) is 1.45. The largest absolute Gasteiger partial charge is 0.495 e. The monoisotopic (exact) mass is 422 g/mol. The number of rotatable bonds is 8. The molecule has 3 rings (SSSR count). The maximum Gasteiger partial charge on any atom is 0.254 e. The minimum Gasteiger partial charge on any atom is -0.495 e. The molecule has 1 saturated heterocycles. The van der Waals surface area contributed by atoms with Crippen molar-refractivity contribution < 1.29 is 23.7 Å². The Bertz CT molecular complexity index is 845. The third kappa shape index (κ3) is 5.47. The number of benzene rings is 1. The first-order chi connectivity index (χ1) is 14.1. The highest BCUT2D eigenvalue weighted by molar-refractivity contribution is 6.31. The average molecular weight is 423 g/mol. The highest BCUT2D eigenvalue weighted by Gasteiger charge is 2.20. The van der Waals surface area contributed by atoms with Crippen molar-refractivity contribution in [1.82, 2.24) is 14.9 Å². The number of hydrogen-bond acceptors (Lipinski definition) is 8. The Kier molecular flexibility index (Phi) is 7.45. The number of hydrogen-bond donors (Lipinski definition) is 1. The summed E-state index contributed by atoms with van der Waals surface area (Å²) >= 11 is 6.07. The molecule has 1 aromatic carbocycles. The lowest BCUT2D eigenvalue weighted by Crippen LogP contribution is -2.40. The van der Waals surface area contributed by atoms with Gasteiger partial charge in [0.2, 0.25) is 11.8 Å². The van der Waals surface area contributed by atoms with Crippen LogP contribution in [0.1, 0.15) is 10.4 Å². The number of nitrogens with zero attached hydrogens (tertiary/aromatic N) is 3. The highest BCUT2D eigenvalue weighted by atomic mass is 35.5. The molecule has 0 radical (unpaired) electrons. The first-order valence-corrected chi connectivity index (χ1v) is 9.46. The van der Waals surface area contributed by atoms with E-state index in [0.29, 0.717) is 61.5 Å². The molecule has 1 fully saturated rings. The number of amides is 1. The van der Waals surface area contributed by atoms with Crippen molar-refractivity contribution in [1.29, 1.82) is 0 Å². The fourth-order valence-corrected chi connectivity index (χ4v) is 2.88. The molecule has 1 aliphatic rings. The topological polar surface area (TPSA) is 95.0 Å². The number of carbonyl (C=O) groups is 1. The van der Waals surface area contributed by atoms with E-state index in [1.807, 2.05) is 0 Å². The molecule has 0 atom stereocenters. The minimum absolute atomic E-state index is 0.0604. The second-order valence-electron chi connectivity index (χ2n) is 6.13. The van der Waals surface area contributed by atoms with E-state index in [-0.39, 0.29) is 17.7 Å². The molecule has 0 unspecified atom stereocenters. The van der Waals surface area contributed by atoms with Gasteiger partial charge in [-0.05, 0) is 18.2 Å². The van der Waals surface area contributed by atoms with E-state index in [0.717, 1.165) is 0 Å². The molecule has 10 heteroatoms. The second-order valence-corrected chi connectivity index (χ2v) is 6.54. The van der Waals surface area contributed by atoms with Crippen LogP contribution in [0.15, 0.2) is 24.4 Å². The first kappa shape index (κ1) is 21.1. The number of ether oxygens (including phenoxy) is 4. The summed E-state index contributed by atoms with van der Waals surface area (Å²) < 4.78 is 21.2. The van der Waals surface area contributed by atoms with Gasteiger partial charge in [0.15, 0.2) is 0 Å². The molecule has 0 aliphatic carbocycles. The number of carbonyl (C=O) groups excluding carboxylic acids is 1. The zero-order chi connectivity index (χ0) is 20.6. The Hall–Kier alpha value is -2.62. The number of aromatic nitrogens is 2. The summed E-state index contributed by atoms with van der Waals surface area (Å²) in [6.45, 7) is 2.97. The predicted octanol–water partition coefficient (Wildman–Crippen LogP) is 2.38. The van der Waals surface area contributed by atoms with Crippen LogP contribution in [-0.4, -0.2) is 74.5 Å². The molecular weight excluding hydrogens is 400 g/mol. The molecule has 29 heavy (non-hydrogen) atoms. The highest BCUT2D eigenvalue weighted by Crippen LogP contribution is 2.30. The Balaban J connectivity index is 1.75. The molecule has 1 amide bonds. The van der Waals surface area contributed by atoms with Crippen molar-refractivity contribution in [2.75, 3.05) is 59.1 Å².